The third-order valence-electron chi connectivity index (χ3n) is 5.07. The van der Waals surface area contributed by atoms with E-state index in [0.29, 0.717) is 35.3 Å². The molecule has 0 bridgehead atoms. The maximum Gasteiger partial charge on any atom is 0.387 e. The van der Waals surface area contributed by atoms with Crippen molar-refractivity contribution in [1.82, 2.24) is 19.4 Å². The predicted octanol–water partition coefficient (Wildman–Crippen LogP) is 4.47. The third-order valence-corrected chi connectivity index (χ3v) is 5.07. The minimum Gasteiger partial charge on any atom is -0.493 e. The van der Waals surface area contributed by atoms with Gasteiger partial charge in [-0.2, -0.15) is 8.78 Å². The number of benzene rings is 1. The number of aryl methyl sites for hydroxylation is 1. The maximum atomic E-state index is 12.6. The van der Waals surface area contributed by atoms with Gasteiger partial charge in [-0.15, -0.1) is 0 Å². The Labute approximate surface area is 181 Å². The average Bonchev–Trinajstić information content (AvgIpc) is 3.28. The van der Waals surface area contributed by atoms with Crippen LogP contribution >= 0.6 is 0 Å². The second-order valence-electron chi connectivity index (χ2n) is 7.14. The van der Waals surface area contributed by atoms with E-state index in [2.05, 4.69) is 20.0 Å². The van der Waals surface area contributed by atoms with Gasteiger partial charge in [-0.3, -0.25) is 0 Å². The Balaban J connectivity index is 1.52. The number of hydrogen-bond acceptors (Lipinski definition) is 7. The molecule has 4 aromatic rings. The lowest BCUT2D eigenvalue weighted by atomic mass is 10.1. The quantitative estimate of drug-likeness (QED) is 0.475. The van der Waals surface area contributed by atoms with Crippen LogP contribution in [0.2, 0.25) is 0 Å². The molecular formula is C22H19F2N5O3. The first-order valence-electron chi connectivity index (χ1n) is 9.96. The summed E-state index contributed by atoms with van der Waals surface area (Å²) in [6, 6.07) is 6.61. The molecule has 1 aliphatic heterocycles. The molecule has 0 spiro atoms. The normalized spacial score (nSPS) is 13.0. The van der Waals surface area contributed by atoms with E-state index in [1.807, 2.05) is 22.9 Å². The number of rotatable bonds is 6. The highest BCUT2D eigenvalue weighted by Gasteiger charge is 2.16. The van der Waals surface area contributed by atoms with Gasteiger partial charge in [0, 0.05) is 47.7 Å². The monoisotopic (exact) mass is 439 g/mol. The van der Waals surface area contributed by atoms with Crippen LogP contribution in [0.15, 0.2) is 49.1 Å². The van der Waals surface area contributed by atoms with Gasteiger partial charge in [-0.1, -0.05) is 0 Å². The van der Waals surface area contributed by atoms with E-state index in [0.717, 1.165) is 24.0 Å². The molecule has 1 aliphatic rings. The molecule has 32 heavy (non-hydrogen) atoms. The molecule has 0 saturated heterocycles. The van der Waals surface area contributed by atoms with E-state index in [1.165, 1.54) is 13.2 Å². The van der Waals surface area contributed by atoms with Crippen molar-refractivity contribution in [2.75, 3.05) is 19.0 Å². The van der Waals surface area contributed by atoms with Crippen molar-refractivity contribution in [2.24, 2.45) is 0 Å². The zero-order valence-corrected chi connectivity index (χ0v) is 17.1. The van der Waals surface area contributed by atoms with Crippen molar-refractivity contribution in [2.45, 2.75) is 19.5 Å². The van der Waals surface area contributed by atoms with E-state index in [9.17, 15) is 8.78 Å². The van der Waals surface area contributed by atoms with Crippen molar-refractivity contribution < 1.29 is 23.0 Å². The fourth-order valence-corrected chi connectivity index (χ4v) is 3.61. The van der Waals surface area contributed by atoms with Crippen molar-refractivity contribution in [3.8, 4) is 28.6 Å². The number of aromatic nitrogens is 4. The van der Waals surface area contributed by atoms with Gasteiger partial charge in [0.15, 0.2) is 23.0 Å². The summed E-state index contributed by atoms with van der Waals surface area (Å²) in [5.74, 6) is 1.28. The molecule has 0 unspecified atom stereocenters. The lowest BCUT2D eigenvalue weighted by Crippen LogP contribution is -2.10. The van der Waals surface area contributed by atoms with Gasteiger partial charge in [-0.25, -0.2) is 15.0 Å². The van der Waals surface area contributed by atoms with Gasteiger partial charge < -0.3 is 23.9 Å². The van der Waals surface area contributed by atoms with Gasteiger partial charge in [0.25, 0.3) is 0 Å². The zero-order chi connectivity index (χ0) is 22.1. The Morgan fingerprint density at radius 3 is 2.94 bits per heavy atom. The standard InChI is InChI=1S/C22H19F2N5O3/c1-30-18-10-15(4-5-17(18)32-22(23)24)27-19-20-25-6-7-29(20)12-16(28-19)14-9-13-3-2-8-31-21(13)26-11-14/h4-7,9-12,22H,2-3,8H2,1H3,(H,27,28). The lowest BCUT2D eigenvalue weighted by Gasteiger charge is -2.17. The number of methoxy groups -OCH3 is 1. The summed E-state index contributed by atoms with van der Waals surface area (Å²) in [4.78, 5) is 13.5. The number of alkyl halides is 2. The Morgan fingerprint density at radius 1 is 1.19 bits per heavy atom. The van der Waals surface area contributed by atoms with Crippen molar-refractivity contribution in [1.29, 1.82) is 0 Å². The summed E-state index contributed by atoms with van der Waals surface area (Å²) in [7, 11) is 1.38. The summed E-state index contributed by atoms with van der Waals surface area (Å²) in [6.07, 6.45) is 8.96. The molecular weight excluding hydrogens is 420 g/mol. The third kappa shape index (κ3) is 3.86. The van der Waals surface area contributed by atoms with Gasteiger partial charge in [0.1, 0.15) is 0 Å². The number of pyridine rings is 1. The fourth-order valence-electron chi connectivity index (χ4n) is 3.61. The number of hydrogen-bond donors (Lipinski definition) is 1. The minimum atomic E-state index is -2.94. The summed E-state index contributed by atoms with van der Waals surface area (Å²) >= 11 is 0. The van der Waals surface area contributed by atoms with E-state index >= 15 is 0 Å². The van der Waals surface area contributed by atoms with E-state index in [4.69, 9.17) is 14.5 Å². The molecule has 0 fully saturated rings. The van der Waals surface area contributed by atoms with Crippen LogP contribution in [-0.4, -0.2) is 39.7 Å². The van der Waals surface area contributed by atoms with Crippen LogP contribution in [0.1, 0.15) is 12.0 Å². The second kappa shape index (κ2) is 8.29. The number of nitrogens with one attached hydrogen (secondary N) is 1. The van der Waals surface area contributed by atoms with Crippen LogP contribution in [0.3, 0.4) is 0 Å². The van der Waals surface area contributed by atoms with E-state index in [1.54, 1.807) is 24.5 Å². The molecule has 5 rings (SSSR count). The Morgan fingerprint density at radius 2 is 2.09 bits per heavy atom. The van der Waals surface area contributed by atoms with Crippen molar-refractivity contribution in [3.63, 3.8) is 0 Å². The van der Waals surface area contributed by atoms with Crippen LogP contribution in [0.4, 0.5) is 20.3 Å². The average molecular weight is 439 g/mol. The van der Waals surface area contributed by atoms with E-state index in [-0.39, 0.29) is 11.5 Å². The fraction of sp³-hybridized carbons (Fsp3) is 0.227. The first-order chi connectivity index (χ1) is 15.6. The molecule has 0 saturated carbocycles. The predicted molar refractivity (Wildman–Crippen MR) is 113 cm³/mol. The number of imidazole rings is 1. The molecule has 0 atom stereocenters. The van der Waals surface area contributed by atoms with Crippen LogP contribution in [-0.2, 0) is 6.42 Å². The lowest BCUT2D eigenvalue weighted by molar-refractivity contribution is -0.0512. The SMILES string of the molecule is COc1cc(Nc2nc(-c3cnc4c(c3)CCCO4)cn3ccnc23)ccc1OC(F)F. The summed E-state index contributed by atoms with van der Waals surface area (Å²) in [5.41, 5.74) is 3.79. The number of nitrogens with zero attached hydrogens (tertiary/aromatic N) is 4. The first-order valence-corrected chi connectivity index (χ1v) is 9.96. The van der Waals surface area contributed by atoms with Gasteiger partial charge in [-0.05, 0) is 31.0 Å². The molecule has 3 aromatic heterocycles. The Bertz CT molecular complexity index is 1280. The summed E-state index contributed by atoms with van der Waals surface area (Å²) < 4.78 is 42.3. The molecule has 0 aliphatic carbocycles. The van der Waals surface area contributed by atoms with Crippen molar-refractivity contribution in [3.05, 3.63) is 54.6 Å². The van der Waals surface area contributed by atoms with Crippen LogP contribution in [0, 0.1) is 0 Å². The summed E-state index contributed by atoms with van der Waals surface area (Å²) in [5, 5.41) is 3.20. The van der Waals surface area contributed by atoms with Crippen LogP contribution < -0.4 is 19.5 Å². The molecule has 0 radical (unpaired) electrons. The largest absolute Gasteiger partial charge is 0.493 e. The highest BCUT2D eigenvalue weighted by molar-refractivity contribution is 5.74. The molecule has 1 aromatic carbocycles. The molecule has 0 amide bonds. The zero-order valence-electron chi connectivity index (χ0n) is 17.1. The molecule has 1 N–H and O–H groups in total. The molecule has 164 valence electrons. The number of fused-ring (bicyclic) bond motifs is 2. The van der Waals surface area contributed by atoms with Crippen molar-refractivity contribution >= 4 is 17.2 Å². The van der Waals surface area contributed by atoms with Crippen LogP contribution in [0.5, 0.6) is 17.4 Å². The summed E-state index contributed by atoms with van der Waals surface area (Å²) in [6.45, 7) is -2.27. The smallest absolute Gasteiger partial charge is 0.387 e. The molecule has 10 heteroatoms. The molecule has 8 nitrogen and oxygen atoms in total. The van der Waals surface area contributed by atoms with Gasteiger partial charge >= 0.3 is 6.61 Å². The number of anilines is 2. The van der Waals surface area contributed by atoms with Gasteiger partial charge in [0.2, 0.25) is 5.88 Å². The van der Waals surface area contributed by atoms with Gasteiger partial charge in [0.05, 0.1) is 19.4 Å². The Hall–Kier alpha value is -3.95. The molecule has 4 heterocycles. The minimum absolute atomic E-state index is 0.0527. The number of ether oxygens (including phenoxy) is 3. The first kappa shape index (κ1) is 20.0. The number of halogens is 2. The van der Waals surface area contributed by atoms with Crippen LogP contribution in [0.25, 0.3) is 16.9 Å². The Kier molecular flexibility index (Phi) is 5.18. The topological polar surface area (TPSA) is 82.8 Å². The highest BCUT2D eigenvalue weighted by atomic mass is 19.3. The maximum absolute atomic E-state index is 12.6. The van der Waals surface area contributed by atoms with E-state index < -0.39 is 6.61 Å². The highest BCUT2D eigenvalue weighted by Crippen LogP contribution is 2.34. The second-order valence-corrected chi connectivity index (χ2v) is 7.14.